The van der Waals surface area contributed by atoms with E-state index in [1.54, 1.807) is 15.4 Å². The van der Waals surface area contributed by atoms with E-state index in [2.05, 4.69) is 33.3 Å². The zero-order chi connectivity index (χ0) is 28.3. The van der Waals surface area contributed by atoms with Gasteiger partial charge in [-0.15, -0.1) is 0 Å². The van der Waals surface area contributed by atoms with E-state index in [0.29, 0.717) is 12.1 Å². The van der Waals surface area contributed by atoms with Crippen LogP contribution in [0, 0.1) is 11.3 Å². The summed E-state index contributed by atoms with van der Waals surface area (Å²) >= 11 is 0. The van der Waals surface area contributed by atoms with Crippen LogP contribution in [0.5, 0.6) is 0 Å². The highest BCUT2D eigenvalue weighted by Gasteiger charge is 2.23. The van der Waals surface area contributed by atoms with E-state index in [9.17, 15) is 10.1 Å². The molecular weight excluding hydrogens is 504 g/mol. The number of nitrogens with zero attached hydrogens (tertiary/aromatic N) is 8. The summed E-state index contributed by atoms with van der Waals surface area (Å²) in [7, 11) is 1.89. The standard InChI is InChI=1S/C30H36N8O2/c1-30(2,3)40-29(39)37-12-7-5-6-11-36(13-8-14-37)27-10-9-22(17-32-27)26-15-23(25-19-33-35(4)20-25)21-38-28(26)24(16-31)18-34-38/h9-10,15,17-21H,5-8,11-14H2,1-4H3. The van der Waals surface area contributed by atoms with Crippen LogP contribution in [0.4, 0.5) is 10.6 Å². The quantitative estimate of drug-likeness (QED) is 0.348. The highest BCUT2D eigenvalue weighted by molar-refractivity contribution is 5.87. The van der Waals surface area contributed by atoms with Gasteiger partial charge in [0, 0.05) is 74.1 Å². The molecule has 0 spiro atoms. The van der Waals surface area contributed by atoms with Crippen molar-refractivity contribution in [1.29, 1.82) is 5.26 Å². The number of carbonyl (C=O) groups excluding carboxylic acids is 1. The fourth-order valence-corrected chi connectivity index (χ4v) is 5.08. The lowest BCUT2D eigenvalue weighted by Gasteiger charge is -2.30. The smallest absolute Gasteiger partial charge is 0.410 e. The molecule has 0 unspecified atom stereocenters. The largest absolute Gasteiger partial charge is 0.444 e. The predicted molar refractivity (Wildman–Crippen MR) is 154 cm³/mol. The molecule has 10 heteroatoms. The summed E-state index contributed by atoms with van der Waals surface area (Å²) in [6.07, 6.45) is 12.8. The molecular formula is C30H36N8O2. The molecule has 1 amide bonds. The van der Waals surface area contributed by atoms with Crippen molar-refractivity contribution in [2.75, 3.05) is 31.1 Å². The molecule has 208 valence electrons. The number of fused-ring (bicyclic) bond motifs is 1. The van der Waals surface area contributed by atoms with Crippen LogP contribution >= 0.6 is 0 Å². The SMILES string of the molecule is Cn1cc(-c2cc(-c3ccc(N4CCCCCN(C(=O)OC(C)(C)C)CCC4)nc3)c3c(C#N)cnn3c2)cn1. The van der Waals surface area contributed by atoms with Gasteiger partial charge >= 0.3 is 6.09 Å². The third-order valence-corrected chi connectivity index (χ3v) is 7.02. The van der Waals surface area contributed by atoms with Crippen molar-refractivity contribution in [2.24, 2.45) is 7.05 Å². The van der Waals surface area contributed by atoms with Gasteiger partial charge in [-0.2, -0.15) is 15.5 Å². The Kier molecular flexibility index (Phi) is 7.74. The Morgan fingerprint density at radius 2 is 1.70 bits per heavy atom. The Labute approximate surface area is 234 Å². The molecule has 10 nitrogen and oxygen atoms in total. The zero-order valence-corrected chi connectivity index (χ0v) is 23.7. The minimum Gasteiger partial charge on any atom is -0.444 e. The number of aryl methyl sites for hydroxylation is 1. The van der Waals surface area contributed by atoms with Crippen LogP contribution in [0.3, 0.4) is 0 Å². The van der Waals surface area contributed by atoms with Gasteiger partial charge in [-0.05, 0) is 64.7 Å². The van der Waals surface area contributed by atoms with Crippen molar-refractivity contribution in [2.45, 2.75) is 52.1 Å². The summed E-state index contributed by atoms with van der Waals surface area (Å²) in [6, 6.07) is 8.44. The number of aromatic nitrogens is 5. The van der Waals surface area contributed by atoms with Crippen LogP contribution in [0.25, 0.3) is 27.8 Å². The fraction of sp³-hybridized carbons (Fsp3) is 0.433. The van der Waals surface area contributed by atoms with Crippen LogP contribution in [0.1, 0.15) is 52.0 Å². The molecule has 1 aliphatic heterocycles. The van der Waals surface area contributed by atoms with E-state index in [1.165, 1.54) is 0 Å². The highest BCUT2D eigenvalue weighted by atomic mass is 16.6. The molecule has 0 saturated carbocycles. The number of anilines is 1. The molecule has 4 aromatic heterocycles. The van der Waals surface area contributed by atoms with E-state index < -0.39 is 5.60 Å². The number of hydrogen-bond donors (Lipinski definition) is 0. The summed E-state index contributed by atoms with van der Waals surface area (Å²) in [6.45, 7) is 8.80. The van der Waals surface area contributed by atoms with Crippen molar-refractivity contribution >= 4 is 17.4 Å². The molecule has 4 aromatic rings. The van der Waals surface area contributed by atoms with Crippen molar-refractivity contribution in [3.63, 3.8) is 0 Å². The average molecular weight is 541 g/mol. The van der Waals surface area contributed by atoms with Gasteiger partial charge in [-0.3, -0.25) is 4.68 Å². The number of nitriles is 1. The van der Waals surface area contributed by atoms with Crippen molar-refractivity contribution in [1.82, 2.24) is 29.3 Å². The van der Waals surface area contributed by atoms with Gasteiger partial charge in [0.2, 0.25) is 0 Å². The number of rotatable bonds is 3. The molecule has 5 heterocycles. The van der Waals surface area contributed by atoms with Crippen LogP contribution < -0.4 is 4.90 Å². The van der Waals surface area contributed by atoms with E-state index >= 15 is 0 Å². The van der Waals surface area contributed by atoms with Crippen LogP contribution in [0.2, 0.25) is 0 Å². The number of amides is 1. The Bertz CT molecular complexity index is 1520. The zero-order valence-electron chi connectivity index (χ0n) is 23.7. The first-order valence-electron chi connectivity index (χ1n) is 13.8. The number of carbonyl (C=O) groups is 1. The monoisotopic (exact) mass is 540 g/mol. The fourth-order valence-electron chi connectivity index (χ4n) is 5.08. The topological polar surface area (TPSA) is 105 Å². The molecule has 40 heavy (non-hydrogen) atoms. The normalized spacial score (nSPS) is 15.2. The molecule has 1 saturated heterocycles. The van der Waals surface area contributed by atoms with Gasteiger partial charge in [0.25, 0.3) is 0 Å². The number of pyridine rings is 2. The van der Waals surface area contributed by atoms with Crippen molar-refractivity contribution in [3.05, 3.63) is 54.7 Å². The Morgan fingerprint density at radius 3 is 2.40 bits per heavy atom. The number of hydrogen-bond acceptors (Lipinski definition) is 7. The minimum atomic E-state index is -0.502. The molecule has 0 atom stereocenters. The first-order chi connectivity index (χ1) is 19.2. The highest BCUT2D eigenvalue weighted by Crippen LogP contribution is 2.32. The van der Waals surface area contributed by atoms with E-state index in [0.717, 1.165) is 78.9 Å². The average Bonchev–Trinajstić information content (AvgIpc) is 3.56. The second-order valence-electron chi connectivity index (χ2n) is 11.3. The van der Waals surface area contributed by atoms with Crippen LogP contribution in [0.15, 0.2) is 49.2 Å². The van der Waals surface area contributed by atoms with Crippen molar-refractivity contribution < 1.29 is 9.53 Å². The molecule has 0 radical (unpaired) electrons. The van der Waals surface area contributed by atoms with Crippen LogP contribution in [-0.2, 0) is 11.8 Å². The van der Waals surface area contributed by atoms with Gasteiger partial charge in [-0.1, -0.05) is 0 Å². The molecule has 5 rings (SSSR count). The minimum absolute atomic E-state index is 0.237. The lowest BCUT2D eigenvalue weighted by Crippen LogP contribution is -2.40. The van der Waals surface area contributed by atoms with E-state index in [1.807, 2.05) is 63.6 Å². The summed E-state index contributed by atoms with van der Waals surface area (Å²) in [5.74, 6) is 0.904. The third kappa shape index (κ3) is 6.09. The summed E-state index contributed by atoms with van der Waals surface area (Å²) in [5, 5.41) is 18.5. The predicted octanol–water partition coefficient (Wildman–Crippen LogP) is 5.29. The van der Waals surface area contributed by atoms with E-state index in [4.69, 9.17) is 9.72 Å². The Morgan fingerprint density at radius 1 is 0.925 bits per heavy atom. The Balaban J connectivity index is 1.38. The molecule has 0 aliphatic carbocycles. The van der Waals surface area contributed by atoms with Gasteiger partial charge in [-0.25, -0.2) is 14.3 Å². The molecule has 1 aliphatic rings. The first-order valence-corrected chi connectivity index (χ1v) is 13.8. The van der Waals surface area contributed by atoms with Crippen molar-refractivity contribution in [3.8, 4) is 28.3 Å². The van der Waals surface area contributed by atoms with Gasteiger partial charge in [0.1, 0.15) is 17.5 Å². The summed E-state index contributed by atoms with van der Waals surface area (Å²) in [4.78, 5) is 21.7. The third-order valence-electron chi connectivity index (χ3n) is 7.02. The molecule has 0 aromatic carbocycles. The second kappa shape index (κ2) is 11.4. The lowest BCUT2D eigenvalue weighted by atomic mass is 10.0. The van der Waals surface area contributed by atoms with Gasteiger partial charge in [0.15, 0.2) is 0 Å². The molecule has 0 bridgehead atoms. The van der Waals surface area contributed by atoms with Crippen LogP contribution in [-0.4, -0.2) is 67.2 Å². The maximum Gasteiger partial charge on any atom is 0.410 e. The number of ether oxygens (including phenoxy) is 1. The maximum atomic E-state index is 12.7. The molecule has 0 N–H and O–H groups in total. The van der Waals surface area contributed by atoms with E-state index in [-0.39, 0.29) is 6.09 Å². The molecule has 1 fully saturated rings. The summed E-state index contributed by atoms with van der Waals surface area (Å²) < 4.78 is 9.14. The van der Waals surface area contributed by atoms with Gasteiger partial charge < -0.3 is 14.5 Å². The van der Waals surface area contributed by atoms with Gasteiger partial charge in [0.05, 0.1) is 23.5 Å². The first kappa shape index (κ1) is 27.2. The maximum absolute atomic E-state index is 12.7. The summed E-state index contributed by atoms with van der Waals surface area (Å²) in [5.41, 5.74) is 4.50. The lowest BCUT2D eigenvalue weighted by molar-refractivity contribution is 0.0244. The Hall–Kier alpha value is -4.39. The second-order valence-corrected chi connectivity index (χ2v) is 11.3.